The van der Waals surface area contributed by atoms with E-state index < -0.39 is 40.5 Å². The number of ether oxygens (including phenoxy) is 2. The van der Waals surface area contributed by atoms with Crippen LogP contribution in [0, 0.1) is 23.5 Å². The van der Waals surface area contributed by atoms with Gasteiger partial charge in [0.25, 0.3) is 0 Å². The van der Waals surface area contributed by atoms with Gasteiger partial charge < -0.3 is 14.6 Å². The molecule has 2 heterocycles. The van der Waals surface area contributed by atoms with E-state index in [0.717, 1.165) is 24.3 Å². The van der Waals surface area contributed by atoms with Crippen LogP contribution in [0.2, 0.25) is 0 Å². The number of rotatable bonds is 7. The van der Waals surface area contributed by atoms with Crippen LogP contribution >= 0.6 is 11.8 Å². The van der Waals surface area contributed by atoms with Crippen LogP contribution in [0.5, 0.6) is 0 Å². The van der Waals surface area contributed by atoms with Crippen LogP contribution < -0.4 is 0 Å². The lowest BCUT2D eigenvalue weighted by atomic mass is 9.90. The topological polar surface area (TPSA) is 69.4 Å². The highest BCUT2D eigenvalue weighted by molar-refractivity contribution is 8.00. The Labute approximate surface area is 225 Å². The fourth-order valence-electron chi connectivity index (χ4n) is 3.92. The molecule has 1 aromatic heterocycles. The summed E-state index contributed by atoms with van der Waals surface area (Å²) < 4.78 is 79.0. The quantitative estimate of drug-likeness (QED) is 0.324. The van der Waals surface area contributed by atoms with Crippen molar-refractivity contribution in [3.63, 3.8) is 0 Å². The Morgan fingerprint density at radius 2 is 1.87 bits per heavy atom. The SMILES string of the molecule is CC(SC1COC(C=CC#Cc2ccc(C(F)(F)F)cc2)OC1)C(O)(Cn1cncn1)c1ccc(F)cc1F. The van der Waals surface area contributed by atoms with Crippen molar-refractivity contribution in [1.82, 2.24) is 14.8 Å². The number of allylic oxidation sites excluding steroid dienone is 1. The van der Waals surface area contributed by atoms with Gasteiger partial charge in [-0.3, -0.25) is 0 Å². The van der Waals surface area contributed by atoms with E-state index in [2.05, 4.69) is 21.9 Å². The minimum Gasteiger partial charge on any atom is -0.382 e. The number of aliphatic hydroxyl groups is 1. The summed E-state index contributed by atoms with van der Waals surface area (Å²) in [4.78, 5) is 3.86. The van der Waals surface area contributed by atoms with Crippen LogP contribution in [0.25, 0.3) is 0 Å². The van der Waals surface area contributed by atoms with Crippen molar-refractivity contribution < 1.29 is 36.5 Å². The number of alkyl halides is 3. The molecule has 2 atom stereocenters. The molecule has 1 N–H and O–H groups in total. The minimum atomic E-state index is -4.40. The standard InChI is InChI=1S/C27H24F5N3O3S/c1-18(26(36,15-35-17-33-16-34-35)23-11-10-21(28)12-24(23)29)39-22-13-37-25(38-14-22)5-3-2-4-19-6-8-20(9-7-19)27(30,31)32/h3,5-12,16-18,22,25,36H,13-15H2,1H3. The lowest BCUT2D eigenvalue weighted by Gasteiger charge is -2.37. The van der Waals surface area contributed by atoms with Crippen molar-refractivity contribution >= 4 is 11.8 Å². The van der Waals surface area contributed by atoms with Gasteiger partial charge in [-0.15, -0.1) is 11.8 Å². The van der Waals surface area contributed by atoms with Gasteiger partial charge in [-0.1, -0.05) is 24.8 Å². The maximum atomic E-state index is 14.7. The first-order valence-corrected chi connectivity index (χ1v) is 12.7. The monoisotopic (exact) mass is 565 g/mol. The lowest BCUT2D eigenvalue weighted by Crippen LogP contribution is -2.43. The van der Waals surface area contributed by atoms with Gasteiger partial charge in [0.15, 0.2) is 6.29 Å². The van der Waals surface area contributed by atoms with Crippen LogP contribution in [-0.4, -0.2) is 49.9 Å². The van der Waals surface area contributed by atoms with E-state index in [-0.39, 0.29) is 30.6 Å². The highest BCUT2D eigenvalue weighted by atomic mass is 32.2. The zero-order chi connectivity index (χ0) is 28.0. The first-order chi connectivity index (χ1) is 18.5. The van der Waals surface area contributed by atoms with E-state index >= 15 is 0 Å². The predicted molar refractivity (Wildman–Crippen MR) is 134 cm³/mol. The molecule has 1 aliphatic heterocycles. The summed E-state index contributed by atoms with van der Waals surface area (Å²) in [5, 5.41) is 14.9. The third-order valence-electron chi connectivity index (χ3n) is 5.99. The molecule has 12 heteroatoms. The molecule has 0 radical (unpaired) electrons. The molecule has 206 valence electrons. The second kappa shape index (κ2) is 12.3. The van der Waals surface area contributed by atoms with Gasteiger partial charge in [0, 0.05) is 22.4 Å². The van der Waals surface area contributed by atoms with Crippen molar-refractivity contribution in [2.45, 2.75) is 42.0 Å². The van der Waals surface area contributed by atoms with Crippen LogP contribution in [-0.2, 0) is 27.8 Å². The number of hydrogen-bond donors (Lipinski definition) is 1. The smallest absolute Gasteiger partial charge is 0.382 e. The average Bonchev–Trinajstić information content (AvgIpc) is 3.40. The molecule has 3 aromatic rings. The van der Waals surface area contributed by atoms with Gasteiger partial charge in [0.05, 0.1) is 30.6 Å². The van der Waals surface area contributed by atoms with E-state index in [0.29, 0.717) is 5.56 Å². The number of benzene rings is 2. The van der Waals surface area contributed by atoms with Gasteiger partial charge in [-0.05, 0) is 42.5 Å². The number of aromatic nitrogens is 3. The molecule has 0 aliphatic carbocycles. The Bertz CT molecular complexity index is 1330. The van der Waals surface area contributed by atoms with Crippen molar-refractivity contribution in [1.29, 1.82) is 0 Å². The fourth-order valence-corrected chi connectivity index (χ4v) is 5.24. The van der Waals surface area contributed by atoms with Gasteiger partial charge in [-0.2, -0.15) is 18.3 Å². The van der Waals surface area contributed by atoms with Gasteiger partial charge >= 0.3 is 6.18 Å². The Morgan fingerprint density at radius 3 is 2.49 bits per heavy atom. The van der Waals surface area contributed by atoms with Crippen molar-refractivity contribution in [2.75, 3.05) is 13.2 Å². The Morgan fingerprint density at radius 1 is 1.15 bits per heavy atom. The van der Waals surface area contributed by atoms with Crippen molar-refractivity contribution in [2.24, 2.45) is 0 Å². The van der Waals surface area contributed by atoms with Gasteiger partial charge in [-0.25, -0.2) is 18.4 Å². The number of nitrogens with zero attached hydrogens (tertiary/aromatic N) is 3. The van der Waals surface area contributed by atoms with E-state index in [1.165, 1.54) is 53.4 Å². The Kier molecular flexibility index (Phi) is 9.07. The van der Waals surface area contributed by atoms with Crippen LogP contribution in [0.3, 0.4) is 0 Å². The zero-order valence-electron chi connectivity index (χ0n) is 20.6. The molecular weight excluding hydrogens is 541 g/mol. The molecule has 1 fully saturated rings. The number of thioether (sulfide) groups is 1. The highest BCUT2D eigenvalue weighted by Gasteiger charge is 2.41. The Balaban J connectivity index is 1.34. The molecular formula is C27H24F5N3O3S. The summed E-state index contributed by atoms with van der Waals surface area (Å²) in [7, 11) is 0. The molecule has 0 spiro atoms. The molecule has 2 unspecified atom stereocenters. The van der Waals surface area contributed by atoms with Crippen molar-refractivity contribution in [3.8, 4) is 11.8 Å². The third kappa shape index (κ3) is 7.45. The summed E-state index contributed by atoms with van der Waals surface area (Å²) in [6.45, 7) is 2.15. The lowest BCUT2D eigenvalue weighted by molar-refractivity contribution is -0.146. The molecule has 0 bridgehead atoms. The predicted octanol–water partition coefficient (Wildman–Crippen LogP) is 4.93. The van der Waals surface area contributed by atoms with Crippen LogP contribution in [0.4, 0.5) is 22.0 Å². The molecule has 0 amide bonds. The van der Waals surface area contributed by atoms with Gasteiger partial charge in [0.1, 0.15) is 29.9 Å². The van der Waals surface area contributed by atoms with E-state index in [4.69, 9.17) is 9.47 Å². The van der Waals surface area contributed by atoms with E-state index in [9.17, 15) is 27.1 Å². The maximum Gasteiger partial charge on any atom is 0.416 e. The summed E-state index contributed by atoms with van der Waals surface area (Å²) in [6, 6.07) is 7.56. The summed E-state index contributed by atoms with van der Waals surface area (Å²) in [5.41, 5.74) is -2.13. The third-order valence-corrected chi connectivity index (χ3v) is 7.45. The molecule has 6 nitrogen and oxygen atoms in total. The van der Waals surface area contributed by atoms with E-state index in [1.807, 2.05) is 0 Å². The normalized spacial score (nSPS) is 20.3. The molecule has 1 saturated heterocycles. The first-order valence-electron chi connectivity index (χ1n) is 11.8. The van der Waals surface area contributed by atoms with Crippen LogP contribution in [0.15, 0.2) is 67.3 Å². The Hall–Kier alpha value is -3.24. The zero-order valence-corrected chi connectivity index (χ0v) is 21.4. The van der Waals surface area contributed by atoms with Crippen molar-refractivity contribution in [3.05, 3.63) is 95.6 Å². The van der Waals surface area contributed by atoms with Crippen LogP contribution in [0.1, 0.15) is 23.6 Å². The second-order valence-electron chi connectivity index (χ2n) is 8.78. The second-order valence-corrected chi connectivity index (χ2v) is 10.4. The number of hydrogen-bond acceptors (Lipinski definition) is 6. The molecule has 4 rings (SSSR count). The molecule has 0 saturated carbocycles. The summed E-state index contributed by atoms with van der Waals surface area (Å²) in [5.74, 6) is 3.85. The maximum absolute atomic E-state index is 14.7. The average molecular weight is 566 g/mol. The van der Waals surface area contributed by atoms with Gasteiger partial charge in [0.2, 0.25) is 0 Å². The summed E-state index contributed by atoms with van der Waals surface area (Å²) >= 11 is 1.33. The highest BCUT2D eigenvalue weighted by Crippen LogP contribution is 2.38. The van der Waals surface area contributed by atoms with E-state index in [1.54, 1.807) is 13.0 Å². The molecule has 2 aromatic carbocycles. The number of halogens is 5. The molecule has 39 heavy (non-hydrogen) atoms. The summed E-state index contributed by atoms with van der Waals surface area (Å²) in [6.07, 6.45) is 0.686. The first kappa shape index (κ1) is 28.8. The fraction of sp³-hybridized carbons (Fsp3) is 0.333. The molecule has 1 aliphatic rings. The largest absolute Gasteiger partial charge is 0.416 e. The minimum absolute atomic E-state index is 0.0653.